The van der Waals surface area contributed by atoms with Gasteiger partial charge in [0, 0.05) is 23.4 Å². The van der Waals surface area contributed by atoms with Crippen LogP contribution in [0, 0.1) is 18.2 Å². The molecule has 0 saturated carbocycles. The Bertz CT molecular complexity index is 1300. The number of nitrogens with zero attached hydrogens (tertiary/aromatic N) is 2. The van der Waals surface area contributed by atoms with Crippen LogP contribution >= 0.6 is 0 Å². The van der Waals surface area contributed by atoms with Gasteiger partial charge in [0.1, 0.15) is 23.2 Å². The molecule has 6 nitrogen and oxygen atoms in total. The number of carbonyl (C=O) groups is 2. The molecule has 3 aromatic rings. The second kappa shape index (κ2) is 7.69. The van der Waals surface area contributed by atoms with Crippen molar-refractivity contribution in [1.82, 2.24) is 9.78 Å². The summed E-state index contributed by atoms with van der Waals surface area (Å²) in [5.74, 6) is -0.0837. The van der Waals surface area contributed by atoms with Crippen molar-refractivity contribution in [3.63, 3.8) is 0 Å². The van der Waals surface area contributed by atoms with E-state index in [-0.39, 0.29) is 22.9 Å². The van der Waals surface area contributed by atoms with Crippen LogP contribution in [0.5, 0.6) is 0 Å². The Kier molecular flexibility index (Phi) is 4.92. The maximum absolute atomic E-state index is 13.3. The number of nitrogens with one attached hydrogen (secondary N) is 2. The number of Topliss-reactive ketones (excluding diaryl/α,β-unsaturated/α-hetero) is 1. The summed E-state index contributed by atoms with van der Waals surface area (Å²) in [5, 5.41) is 10.7. The third-order valence-corrected chi connectivity index (χ3v) is 6.33. The van der Waals surface area contributed by atoms with E-state index in [1.807, 2.05) is 31.2 Å². The molecule has 0 radical (unpaired) electrons. The van der Waals surface area contributed by atoms with Crippen molar-refractivity contribution in [2.75, 3.05) is 10.6 Å². The van der Waals surface area contributed by atoms with Crippen LogP contribution in [0.25, 0.3) is 0 Å². The molecule has 0 saturated heterocycles. The van der Waals surface area contributed by atoms with E-state index >= 15 is 0 Å². The van der Waals surface area contributed by atoms with E-state index in [2.05, 4.69) is 29.6 Å². The third kappa shape index (κ3) is 3.73. The van der Waals surface area contributed by atoms with E-state index in [1.54, 1.807) is 4.68 Å². The molecular formula is C26H25FN4O2. The number of amides is 1. The quantitative estimate of drug-likeness (QED) is 0.579. The van der Waals surface area contributed by atoms with Crippen molar-refractivity contribution in [2.24, 2.45) is 5.41 Å². The lowest BCUT2D eigenvalue weighted by molar-refractivity contribution is -0.118. The molecule has 1 aliphatic heterocycles. The average molecular weight is 445 g/mol. The Morgan fingerprint density at radius 1 is 1.15 bits per heavy atom. The smallest absolute Gasteiger partial charge is 0.261 e. The van der Waals surface area contributed by atoms with Crippen molar-refractivity contribution in [1.29, 1.82) is 0 Å². The van der Waals surface area contributed by atoms with Crippen molar-refractivity contribution < 1.29 is 14.0 Å². The highest BCUT2D eigenvalue weighted by atomic mass is 19.1. The van der Waals surface area contributed by atoms with Gasteiger partial charge in [0.05, 0.1) is 6.20 Å². The summed E-state index contributed by atoms with van der Waals surface area (Å²) in [4.78, 5) is 26.4. The first-order valence-electron chi connectivity index (χ1n) is 11.0. The van der Waals surface area contributed by atoms with Gasteiger partial charge in [-0.3, -0.25) is 9.59 Å². The average Bonchev–Trinajstić information content (AvgIpc) is 3.17. The monoisotopic (exact) mass is 444 g/mol. The number of aromatic nitrogens is 2. The van der Waals surface area contributed by atoms with Gasteiger partial charge in [0.25, 0.3) is 5.91 Å². The van der Waals surface area contributed by atoms with Crippen LogP contribution < -0.4 is 10.6 Å². The molecule has 2 aliphatic rings. The molecular weight excluding hydrogens is 419 g/mol. The first kappa shape index (κ1) is 21.1. The Hall–Kier alpha value is -3.74. The number of carbonyl (C=O) groups excluding carboxylic acids is 2. The van der Waals surface area contributed by atoms with Gasteiger partial charge >= 0.3 is 0 Å². The zero-order valence-electron chi connectivity index (χ0n) is 18.8. The van der Waals surface area contributed by atoms with E-state index < -0.39 is 6.04 Å². The van der Waals surface area contributed by atoms with Gasteiger partial charge in [-0.1, -0.05) is 38.1 Å². The first-order chi connectivity index (χ1) is 15.7. The summed E-state index contributed by atoms with van der Waals surface area (Å²) in [6.45, 7) is 6.17. The third-order valence-electron chi connectivity index (χ3n) is 6.33. The summed E-state index contributed by atoms with van der Waals surface area (Å²) in [6, 6.07) is 13.1. The molecule has 2 N–H and O–H groups in total. The largest absolute Gasteiger partial charge is 0.343 e. The van der Waals surface area contributed by atoms with E-state index in [0.717, 1.165) is 16.8 Å². The molecule has 33 heavy (non-hydrogen) atoms. The summed E-state index contributed by atoms with van der Waals surface area (Å²) in [5.41, 5.74) is 4.25. The summed E-state index contributed by atoms with van der Waals surface area (Å²) >= 11 is 0. The molecule has 7 heteroatoms. The summed E-state index contributed by atoms with van der Waals surface area (Å²) in [7, 11) is 0. The Morgan fingerprint density at radius 2 is 1.88 bits per heavy atom. The highest BCUT2D eigenvalue weighted by Crippen LogP contribution is 2.46. The van der Waals surface area contributed by atoms with Crippen LogP contribution in [-0.2, 0) is 4.79 Å². The van der Waals surface area contributed by atoms with Crippen LogP contribution in [0.2, 0.25) is 0 Å². The van der Waals surface area contributed by atoms with Crippen LogP contribution in [0.3, 0.4) is 0 Å². The number of fused-ring (bicyclic) bond motifs is 1. The van der Waals surface area contributed by atoms with Crippen LogP contribution in [0.4, 0.5) is 15.9 Å². The number of allylic oxidation sites excluding steroid dienone is 2. The molecule has 1 aliphatic carbocycles. The molecule has 2 aromatic carbocycles. The molecule has 2 heterocycles. The minimum Gasteiger partial charge on any atom is -0.343 e. The minimum atomic E-state index is -0.409. The van der Waals surface area contributed by atoms with Crippen molar-refractivity contribution in [2.45, 2.75) is 39.7 Å². The Morgan fingerprint density at radius 3 is 2.61 bits per heavy atom. The number of rotatable bonds is 3. The van der Waals surface area contributed by atoms with E-state index in [4.69, 9.17) is 0 Å². The minimum absolute atomic E-state index is 0.0977. The molecule has 0 spiro atoms. The molecule has 1 amide bonds. The number of anilines is 2. The SMILES string of the molecule is Cc1ccccc1[C@H]1C2=C(CC(C)(C)CC2=O)Nc2c(C(=O)Nc3ccc(F)cc3)cnn21. The zero-order chi connectivity index (χ0) is 23.3. The fourth-order valence-electron chi connectivity index (χ4n) is 4.79. The number of aryl methyl sites for hydroxylation is 1. The molecule has 0 fully saturated rings. The molecule has 0 unspecified atom stereocenters. The Balaban J connectivity index is 1.60. The lowest BCUT2D eigenvalue weighted by Gasteiger charge is -2.39. The van der Waals surface area contributed by atoms with Crippen molar-refractivity contribution >= 4 is 23.2 Å². The summed E-state index contributed by atoms with van der Waals surface area (Å²) in [6.07, 6.45) is 2.67. The molecule has 1 aromatic heterocycles. The van der Waals surface area contributed by atoms with Crippen molar-refractivity contribution in [3.8, 4) is 0 Å². The maximum atomic E-state index is 13.3. The van der Waals surface area contributed by atoms with Gasteiger partial charge in [-0.05, 0) is 54.2 Å². The van der Waals surface area contributed by atoms with E-state index in [0.29, 0.717) is 35.5 Å². The number of ketones is 1. The number of hydrogen-bond donors (Lipinski definition) is 2. The highest BCUT2D eigenvalue weighted by molar-refractivity contribution is 6.08. The standard InChI is InChI=1S/C26H25FN4O2/c1-15-6-4-5-7-18(15)23-22-20(12-26(2,3)13-21(22)32)30-24-19(14-28-31(23)24)25(33)29-17-10-8-16(27)9-11-17/h4-11,14,23,30H,12-13H2,1-3H3,(H,29,33)/t23-/m0/s1. The van der Waals surface area contributed by atoms with Crippen LogP contribution in [0.1, 0.15) is 54.2 Å². The predicted octanol–water partition coefficient (Wildman–Crippen LogP) is 5.24. The van der Waals surface area contributed by atoms with E-state index in [1.165, 1.54) is 30.5 Å². The normalized spacial score (nSPS) is 18.9. The van der Waals surface area contributed by atoms with Gasteiger partial charge in [-0.15, -0.1) is 0 Å². The van der Waals surface area contributed by atoms with Gasteiger partial charge in [-0.25, -0.2) is 9.07 Å². The number of halogens is 1. The topological polar surface area (TPSA) is 76.0 Å². The van der Waals surface area contributed by atoms with Crippen molar-refractivity contribution in [3.05, 3.63) is 88.5 Å². The van der Waals surface area contributed by atoms with Gasteiger partial charge in [-0.2, -0.15) is 5.10 Å². The molecule has 1 atom stereocenters. The fourth-order valence-corrected chi connectivity index (χ4v) is 4.79. The molecule has 168 valence electrons. The van der Waals surface area contributed by atoms with Crippen LogP contribution in [0.15, 0.2) is 66.0 Å². The van der Waals surface area contributed by atoms with Crippen LogP contribution in [-0.4, -0.2) is 21.5 Å². The fraction of sp³-hybridized carbons (Fsp3) is 0.269. The van der Waals surface area contributed by atoms with E-state index in [9.17, 15) is 14.0 Å². The van der Waals surface area contributed by atoms with Gasteiger partial charge < -0.3 is 10.6 Å². The van der Waals surface area contributed by atoms with Gasteiger partial charge in [0.2, 0.25) is 0 Å². The van der Waals surface area contributed by atoms with Gasteiger partial charge in [0.15, 0.2) is 5.78 Å². The highest BCUT2D eigenvalue weighted by Gasteiger charge is 2.42. The predicted molar refractivity (Wildman–Crippen MR) is 125 cm³/mol. The zero-order valence-corrected chi connectivity index (χ0v) is 18.8. The molecule has 0 bridgehead atoms. The lowest BCUT2D eigenvalue weighted by atomic mass is 9.72. The maximum Gasteiger partial charge on any atom is 0.261 e. The molecule has 5 rings (SSSR count). The lowest BCUT2D eigenvalue weighted by Crippen LogP contribution is -2.37. The Labute approximate surface area is 191 Å². The number of hydrogen-bond acceptors (Lipinski definition) is 4. The summed E-state index contributed by atoms with van der Waals surface area (Å²) < 4.78 is 15.0. The second-order valence-electron chi connectivity index (χ2n) is 9.53. The number of benzene rings is 2. The first-order valence-corrected chi connectivity index (χ1v) is 11.0. The second-order valence-corrected chi connectivity index (χ2v) is 9.53.